The second-order valence-corrected chi connectivity index (χ2v) is 6.22. The van der Waals surface area contributed by atoms with Crippen LogP contribution in [0.5, 0.6) is 0 Å². The molecule has 0 spiro atoms. The van der Waals surface area contributed by atoms with Gasteiger partial charge in [0, 0.05) is 51.2 Å². The van der Waals surface area contributed by atoms with Crippen molar-refractivity contribution in [2.24, 2.45) is 0 Å². The minimum atomic E-state index is -0.240. The number of nitrogens with zero attached hydrogens (tertiary/aromatic N) is 6. The van der Waals surface area contributed by atoms with Gasteiger partial charge < -0.3 is 9.47 Å². The van der Waals surface area contributed by atoms with E-state index in [1.807, 2.05) is 12.1 Å². The van der Waals surface area contributed by atoms with Crippen molar-refractivity contribution in [1.29, 1.82) is 0 Å². The van der Waals surface area contributed by atoms with Crippen molar-refractivity contribution in [3.8, 4) is 0 Å². The highest BCUT2D eigenvalue weighted by atomic mass is 19.1. The minimum Gasteiger partial charge on any atom is -0.338 e. The van der Waals surface area contributed by atoms with Gasteiger partial charge in [0.15, 0.2) is 0 Å². The molecule has 0 aliphatic carbocycles. The predicted molar refractivity (Wildman–Crippen MR) is 94.9 cm³/mol. The number of aromatic nitrogens is 4. The van der Waals surface area contributed by atoms with Crippen molar-refractivity contribution in [2.75, 3.05) is 31.1 Å². The molecular formula is C18H21FN6. The Morgan fingerprint density at radius 2 is 1.84 bits per heavy atom. The van der Waals surface area contributed by atoms with Crippen molar-refractivity contribution in [2.45, 2.75) is 20.0 Å². The number of imidazole rings is 1. The van der Waals surface area contributed by atoms with E-state index in [4.69, 9.17) is 0 Å². The molecule has 25 heavy (non-hydrogen) atoms. The summed E-state index contributed by atoms with van der Waals surface area (Å²) in [5, 5.41) is 0. The molecule has 6 nitrogen and oxygen atoms in total. The van der Waals surface area contributed by atoms with Crippen LogP contribution in [0.2, 0.25) is 0 Å². The maximum atomic E-state index is 13.5. The maximum absolute atomic E-state index is 13.5. The van der Waals surface area contributed by atoms with Crippen LogP contribution >= 0.6 is 0 Å². The molecule has 3 heterocycles. The summed E-state index contributed by atoms with van der Waals surface area (Å²) in [7, 11) is 0. The lowest BCUT2D eigenvalue weighted by atomic mass is 10.3. The Balaban J connectivity index is 1.47. The molecule has 0 unspecified atom stereocenters. The second-order valence-electron chi connectivity index (χ2n) is 6.22. The third kappa shape index (κ3) is 3.19. The summed E-state index contributed by atoms with van der Waals surface area (Å²) in [5.41, 5.74) is 1.73. The van der Waals surface area contributed by atoms with Crippen molar-refractivity contribution in [3.05, 3.63) is 48.3 Å². The third-order valence-electron chi connectivity index (χ3n) is 4.68. The van der Waals surface area contributed by atoms with Gasteiger partial charge in [-0.15, -0.1) is 0 Å². The normalized spacial score (nSPS) is 15.8. The third-order valence-corrected chi connectivity index (χ3v) is 4.68. The fourth-order valence-electron chi connectivity index (χ4n) is 3.39. The molecule has 0 atom stereocenters. The monoisotopic (exact) mass is 340 g/mol. The van der Waals surface area contributed by atoms with Gasteiger partial charge in [-0.05, 0) is 25.1 Å². The van der Waals surface area contributed by atoms with Crippen LogP contribution in [0.1, 0.15) is 12.7 Å². The summed E-state index contributed by atoms with van der Waals surface area (Å²) in [4.78, 5) is 17.9. The number of halogens is 1. The Morgan fingerprint density at radius 1 is 1.08 bits per heavy atom. The Hall–Kier alpha value is -2.54. The lowest BCUT2D eigenvalue weighted by molar-refractivity contribution is 0.240. The van der Waals surface area contributed by atoms with Crippen LogP contribution in [0.25, 0.3) is 11.0 Å². The Kier molecular flexibility index (Phi) is 4.31. The first kappa shape index (κ1) is 16.0. The lowest BCUT2D eigenvalue weighted by Gasteiger charge is -2.34. The largest absolute Gasteiger partial charge is 0.338 e. The second kappa shape index (κ2) is 6.76. The molecule has 0 N–H and O–H groups in total. The van der Waals surface area contributed by atoms with Crippen molar-refractivity contribution in [3.63, 3.8) is 0 Å². The predicted octanol–water partition coefficient (Wildman–Crippen LogP) is 2.31. The summed E-state index contributed by atoms with van der Waals surface area (Å²) in [6, 6.07) is 6.65. The molecule has 0 saturated carbocycles. The summed E-state index contributed by atoms with van der Waals surface area (Å²) in [6.45, 7) is 7.34. The highest BCUT2D eigenvalue weighted by Crippen LogP contribution is 2.19. The number of piperazine rings is 1. The van der Waals surface area contributed by atoms with Gasteiger partial charge in [-0.1, -0.05) is 0 Å². The van der Waals surface area contributed by atoms with E-state index in [9.17, 15) is 4.39 Å². The minimum absolute atomic E-state index is 0.240. The summed E-state index contributed by atoms with van der Waals surface area (Å²) in [5.74, 6) is 1.54. The number of hydrogen-bond donors (Lipinski definition) is 0. The molecule has 0 radical (unpaired) electrons. The van der Waals surface area contributed by atoms with Gasteiger partial charge in [0.25, 0.3) is 0 Å². The number of benzene rings is 1. The van der Waals surface area contributed by atoms with E-state index in [-0.39, 0.29) is 5.82 Å². The smallest absolute Gasteiger partial charge is 0.225 e. The van der Waals surface area contributed by atoms with Gasteiger partial charge in [-0.3, -0.25) is 4.90 Å². The zero-order valence-electron chi connectivity index (χ0n) is 14.3. The Bertz CT molecular complexity index is 855. The Labute approximate surface area is 145 Å². The van der Waals surface area contributed by atoms with Crippen molar-refractivity contribution < 1.29 is 4.39 Å². The average Bonchev–Trinajstić information content (AvgIpc) is 2.99. The summed E-state index contributed by atoms with van der Waals surface area (Å²) >= 11 is 0. The molecule has 1 aromatic carbocycles. The molecule has 3 aromatic rings. The Morgan fingerprint density at radius 3 is 2.56 bits per heavy atom. The molecule has 1 aliphatic rings. The zero-order valence-corrected chi connectivity index (χ0v) is 14.3. The summed E-state index contributed by atoms with van der Waals surface area (Å²) in [6.07, 6.45) is 3.55. The van der Waals surface area contributed by atoms with Crippen LogP contribution in [0.15, 0.2) is 36.7 Å². The van der Waals surface area contributed by atoms with E-state index in [0.717, 1.165) is 62.1 Å². The van der Waals surface area contributed by atoms with Gasteiger partial charge in [-0.2, -0.15) is 0 Å². The van der Waals surface area contributed by atoms with E-state index < -0.39 is 0 Å². The number of rotatable bonds is 4. The fourth-order valence-corrected chi connectivity index (χ4v) is 3.39. The standard InChI is InChI=1S/C18H21FN6/c1-2-25-16-5-4-14(19)12-15(16)22-17(25)13-23-8-10-24(11-9-23)18-20-6-3-7-21-18/h3-7,12H,2,8-11,13H2,1H3. The molecule has 2 aromatic heterocycles. The highest BCUT2D eigenvalue weighted by Gasteiger charge is 2.21. The number of hydrogen-bond acceptors (Lipinski definition) is 5. The van der Waals surface area contributed by atoms with E-state index >= 15 is 0 Å². The van der Waals surface area contributed by atoms with Gasteiger partial charge in [-0.25, -0.2) is 19.3 Å². The van der Waals surface area contributed by atoms with E-state index in [0.29, 0.717) is 0 Å². The summed E-state index contributed by atoms with van der Waals surface area (Å²) < 4.78 is 15.6. The number of fused-ring (bicyclic) bond motifs is 1. The van der Waals surface area contributed by atoms with Crippen LogP contribution in [-0.2, 0) is 13.1 Å². The molecular weight excluding hydrogens is 319 g/mol. The topological polar surface area (TPSA) is 50.1 Å². The lowest BCUT2D eigenvalue weighted by Crippen LogP contribution is -2.46. The quantitative estimate of drug-likeness (QED) is 0.729. The van der Waals surface area contributed by atoms with Crippen LogP contribution in [-0.4, -0.2) is 50.6 Å². The van der Waals surface area contributed by atoms with Gasteiger partial charge in [0.2, 0.25) is 5.95 Å². The maximum Gasteiger partial charge on any atom is 0.225 e. The first-order valence-electron chi connectivity index (χ1n) is 8.63. The zero-order chi connectivity index (χ0) is 17.2. The number of aryl methyl sites for hydroxylation is 1. The number of anilines is 1. The molecule has 1 saturated heterocycles. The molecule has 7 heteroatoms. The fraction of sp³-hybridized carbons (Fsp3) is 0.389. The first-order chi connectivity index (χ1) is 12.2. The molecule has 0 bridgehead atoms. The van der Waals surface area contributed by atoms with Crippen LogP contribution in [0.3, 0.4) is 0 Å². The van der Waals surface area contributed by atoms with Crippen LogP contribution in [0.4, 0.5) is 10.3 Å². The molecule has 4 rings (SSSR count). The average molecular weight is 340 g/mol. The van der Waals surface area contributed by atoms with Crippen molar-refractivity contribution >= 4 is 17.0 Å². The van der Waals surface area contributed by atoms with E-state index in [1.54, 1.807) is 12.4 Å². The van der Waals surface area contributed by atoms with Crippen LogP contribution < -0.4 is 4.90 Å². The SMILES string of the molecule is CCn1c(CN2CCN(c3ncccn3)CC2)nc2cc(F)ccc21. The molecule has 130 valence electrons. The van der Waals surface area contributed by atoms with Gasteiger partial charge in [0.1, 0.15) is 11.6 Å². The molecule has 1 fully saturated rings. The molecule has 1 aliphatic heterocycles. The highest BCUT2D eigenvalue weighted by molar-refractivity contribution is 5.76. The van der Waals surface area contributed by atoms with Crippen LogP contribution in [0, 0.1) is 5.82 Å². The van der Waals surface area contributed by atoms with Gasteiger partial charge >= 0.3 is 0 Å². The van der Waals surface area contributed by atoms with E-state index in [2.05, 4.69) is 36.2 Å². The molecule has 0 amide bonds. The van der Waals surface area contributed by atoms with Gasteiger partial charge in [0.05, 0.1) is 17.6 Å². The van der Waals surface area contributed by atoms with Crippen molar-refractivity contribution in [1.82, 2.24) is 24.4 Å². The first-order valence-corrected chi connectivity index (χ1v) is 8.63. The van der Waals surface area contributed by atoms with E-state index in [1.165, 1.54) is 12.1 Å².